The first-order valence-corrected chi connectivity index (χ1v) is 17.7. The van der Waals surface area contributed by atoms with Crippen LogP contribution in [0.2, 0.25) is 0 Å². The van der Waals surface area contributed by atoms with Crippen molar-refractivity contribution in [3.05, 3.63) is 81.5 Å². The summed E-state index contributed by atoms with van der Waals surface area (Å²) in [6.07, 6.45) is 6.66. The van der Waals surface area contributed by atoms with Gasteiger partial charge in [0.2, 0.25) is 11.4 Å². The lowest BCUT2D eigenvalue weighted by molar-refractivity contribution is 0.0904. The molecule has 0 saturated carbocycles. The predicted octanol–water partition coefficient (Wildman–Crippen LogP) is 3.96. The molecule has 0 aliphatic carbocycles. The molecule has 51 heavy (non-hydrogen) atoms. The molecule has 0 bridgehead atoms. The van der Waals surface area contributed by atoms with E-state index in [0.29, 0.717) is 67.1 Å². The van der Waals surface area contributed by atoms with Gasteiger partial charge in [0.05, 0.1) is 41.1 Å². The first kappa shape index (κ1) is 35.8. The van der Waals surface area contributed by atoms with Gasteiger partial charge in [0.15, 0.2) is 5.65 Å². The fourth-order valence-corrected chi connectivity index (χ4v) is 6.40. The van der Waals surface area contributed by atoms with Crippen LogP contribution in [0.3, 0.4) is 0 Å². The maximum atomic E-state index is 13.2. The highest BCUT2D eigenvalue weighted by atomic mass is 16.5. The summed E-state index contributed by atoms with van der Waals surface area (Å²) in [4.78, 5) is 36.8. The van der Waals surface area contributed by atoms with Crippen LogP contribution in [0.25, 0.3) is 21.9 Å². The van der Waals surface area contributed by atoms with Crippen molar-refractivity contribution in [2.75, 3.05) is 38.2 Å². The third-order valence-corrected chi connectivity index (χ3v) is 9.20. The summed E-state index contributed by atoms with van der Waals surface area (Å²) in [5.41, 5.74) is 4.74. The van der Waals surface area contributed by atoms with Crippen molar-refractivity contribution in [3.8, 4) is 11.6 Å². The van der Waals surface area contributed by atoms with Gasteiger partial charge in [0, 0.05) is 73.9 Å². The normalized spacial score (nSPS) is 14.2. The maximum Gasteiger partial charge on any atom is 0.253 e. The number of hydrogen-bond acceptors (Lipinski definition) is 11. The van der Waals surface area contributed by atoms with Crippen molar-refractivity contribution in [1.29, 1.82) is 0 Å². The summed E-state index contributed by atoms with van der Waals surface area (Å²) in [7, 11) is 0. The number of benzene rings is 1. The van der Waals surface area contributed by atoms with E-state index < -0.39 is 6.10 Å². The number of carbonyl (C=O) groups excluding carboxylic acids is 1. The average molecular weight is 699 g/mol. The molecule has 270 valence electrons. The van der Waals surface area contributed by atoms with Crippen LogP contribution in [0.5, 0.6) is 11.6 Å². The molecule has 1 saturated heterocycles. The number of nitrogens with one attached hydrogen (secondary N) is 4. The number of amides is 1. The molecule has 1 aliphatic rings. The van der Waals surface area contributed by atoms with E-state index in [4.69, 9.17) is 14.5 Å². The van der Waals surface area contributed by atoms with Crippen molar-refractivity contribution in [3.63, 3.8) is 0 Å². The number of H-pyrrole nitrogens is 1. The molecule has 6 rings (SSSR count). The predicted molar refractivity (Wildman–Crippen MR) is 194 cm³/mol. The summed E-state index contributed by atoms with van der Waals surface area (Å²) >= 11 is 0. The van der Waals surface area contributed by atoms with Gasteiger partial charge in [0.1, 0.15) is 5.75 Å². The van der Waals surface area contributed by atoms with Crippen LogP contribution in [0.4, 0.5) is 5.69 Å². The van der Waals surface area contributed by atoms with Crippen LogP contribution >= 0.6 is 0 Å². The fraction of sp³-hybridized carbons (Fsp3) is 0.432. The second kappa shape index (κ2) is 16.8. The van der Waals surface area contributed by atoms with Crippen LogP contribution in [0, 0.1) is 0 Å². The number of aryl methyl sites for hydroxylation is 2. The van der Waals surface area contributed by atoms with E-state index in [1.807, 2.05) is 17.8 Å². The topological polar surface area (TPSA) is 189 Å². The highest BCUT2D eigenvalue weighted by molar-refractivity contribution is 5.95. The van der Waals surface area contributed by atoms with Crippen LogP contribution in [-0.2, 0) is 24.2 Å². The number of fused-ring (bicyclic) bond motifs is 2. The number of carbonyl (C=O) groups is 1. The maximum absolute atomic E-state index is 13.2. The van der Waals surface area contributed by atoms with Crippen LogP contribution in [0.15, 0.2) is 53.6 Å². The number of aromatic hydroxyl groups is 1. The molecular formula is C37H46N8O6. The largest absolute Gasteiger partial charge is 0.506 e. The molecule has 6 N–H and O–H groups in total. The minimum Gasteiger partial charge on any atom is -0.506 e. The fourth-order valence-electron chi connectivity index (χ4n) is 6.40. The van der Waals surface area contributed by atoms with Crippen molar-refractivity contribution in [1.82, 2.24) is 35.4 Å². The Morgan fingerprint density at radius 2 is 1.94 bits per heavy atom. The third-order valence-electron chi connectivity index (χ3n) is 9.20. The zero-order chi connectivity index (χ0) is 35.7. The van der Waals surface area contributed by atoms with Gasteiger partial charge in [0.25, 0.3) is 5.91 Å². The molecule has 1 amide bonds. The number of ether oxygens (including phenoxy) is 2. The van der Waals surface area contributed by atoms with Gasteiger partial charge in [-0.25, -0.2) is 14.6 Å². The Bertz CT molecular complexity index is 2010. The molecule has 0 spiro atoms. The lowest BCUT2D eigenvalue weighted by atomic mass is 10.0. The molecule has 1 atom stereocenters. The van der Waals surface area contributed by atoms with E-state index >= 15 is 0 Å². The molecular weight excluding hydrogens is 652 g/mol. The molecule has 0 radical (unpaired) electrons. The second-order valence-corrected chi connectivity index (χ2v) is 12.6. The highest BCUT2D eigenvalue weighted by Gasteiger charge is 2.22. The number of aromatic amines is 1. The first-order chi connectivity index (χ1) is 24.9. The Balaban J connectivity index is 0.975. The Morgan fingerprint density at radius 3 is 2.71 bits per heavy atom. The number of phenolic OH excluding ortho intramolecular Hbond substituents is 1. The second-order valence-electron chi connectivity index (χ2n) is 12.6. The zero-order valence-corrected chi connectivity index (χ0v) is 29.1. The van der Waals surface area contributed by atoms with E-state index in [9.17, 15) is 19.8 Å². The molecule has 1 aliphatic heterocycles. The lowest BCUT2D eigenvalue weighted by Crippen LogP contribution is -2.30. The van der Waals surface area contributed by atoms with E-state index in [0.717, 1.165) is 66.9 Å². The van der Waals surface area contributed by atoms with Crippen molar-refractivity contribution in [2.24, 2.45) is 0 Å². The number of phenols is 1. The smallest absolute Gasteiger partial charge is 0.253 e. The van der Waals surface area contributed by atoms with Gasteiger partial charge in [-0.1, -0.05) is 13.0 Å². The van der Waals surface area contributed by atoms with Gasteiger partial charge >= 0.3 is 0 Å². The summed E-state index contributed by atoms with van der Waals surface area (Å²) in [6, 6.07) is 9.76. The van der Waals surface area contributed by atoms with Gasteiger partial charge in [-0.15, -0.1) is 0 Å². The van der Waals surface area contributed by atoms with Crippen LogP contribution in [0.1, 0.15) is 72.8 Å². The molecule has 0 unspecified atom stereocenters. The van der Waals surface area contributed by atoms with Gasteiger partial charge in [-0.05, 0) is 69.3 Å². The number of rotatable bonds is 16. The SMILES string of the molecule is CCc1nc2c(cnn2CC)c(NC2CCOCC2)c1CNC(=O)c1ccc(OCCCCNC[C@H](O)c2ccc(O)c3[nH]c(=O)ccc23)nc1. The van der Waals surface area contributed by atoms with Crippen LogP contribution in [-0.4, -0.2) is 79.8 Å². The van der Waals surface area contributed by atoms with E-state index in [-0.39, 0.29) is 23.3 Å². The molecule has 14 heteroatoms. The van der Waals surface area contributed by atoms with Crippen molar-refractivity contribution >= 4 is 33.5 Å². The molecule has 1 aromatic carbocycles. The quantitative estimate of drug-likeness (QED) is 0.0819. The number of aromatic nitrogens is 5. The molecule has 5 heterocycles. The monoisotopic (exact) mass is 698 g/mol. The summed E-state index contributed by atoms with van der Waals surface area (Å²) < 4.78 is 13.3. The Labute approximate surface area is 295 Å². The van der Waals surface area contributed by atoms with Crippen molar-refractivity contribution in [2.45, 2.75) is 71.2 Å². The minimum atomic E-state index is -0.814. The number of anilines is 1. The summed E-state index contributed by atoms with van der Waals surface area (Å²) in [5, 5.41) is 37.0. The number of aliphatic hydroxyl groups is 1. The van der Waals surface area contributed by atoms with Gasteiger partial charge in [-0.3, -0.25) is 9.59 Å². The Hall–Kier alpha value is -5.05. The van der Waals surface area contributed by atoms with E-state index in [1.165, 1.54) is 18.3 Å². The summed E-state index contributed by atoms with van der Waals surface area (Å²) in [6.45, 7) is 8.00. The van der Waals surface area contributed by atoms with Crippen LogP contribution < -0.4 is 26.2 Å². The van der Waals surface area contributed by atoms with Gasteiger partial charge in [-0.2, -0.15) is 5.10 Å². The Kier molecular flexibility index (Phi) is 11.8. The number of aliphatic hydroxyl groups excluding tert-OH is 1. The summed E-state index contributed by atoms with van der Waals surface area (Å²) in [5.74, 6) is 0.158. The lowest BCUT2D eigenvalue weighted by Gasteiger charge is -2.26. The first-order valence-electron chi connectivity index (χ1n) is 17.7. The van der Waals surface area contributed by atoms with E-state index in [1.54, 1.807) is 24.3 Å². The van der Waals surface area contributed by atoms with E-state index in [2.05, 4.69) is 37.9 Å². The minimum absolute atomic E-state index is 0.0411. The molecule has 14 nitrogen and oxygen atoms in total. The molecule has 5 aromatic rings. The number of unbranched alkanes of at least 4 members (excludes halogenated alkanes) is 1. The average Bonchev–Trinajstić information content (AvgIpc) is 3.57. The Morgan fingerprint density at radius 1 is 1.10 bits per heavy atom. The number of nitrogens with zero attached hydrogens (tertiary/aromatic N) is 4. The zero-order valence-electron chi connectivity index (χ0n) is 29.1. The highest BCUT2D eigenvalue weighted by Crippen LogP contribution is 2.32. The third kappa shape index (κ3) is 8.47. The number of hydrogen-bond donors (Lipinski definition) is 6. The standard InChI is InChI=1S/C37H46N8O6/c1-3-29-27(34(42-24-13-17-50-18-14-24)28-21-41-45(4-2)36(28)43-29)20-40-37(49)23-7-12-33(39-19-23)51-16-6-5-15-38-22-31(47)25-8-10-30(46)35-26(25)9-11-32(48)44-35/h7-12,19,21,24,31,38,46-47H,3-6,13-18,20,22H2,1-2H3,(H,40,49)(H,42,43)(H,44,48)/t31-/m0/s1. The molecule has 1 fully saturated rings. The number of pyridine rings is 3. The van der Waals surface area contributed by atoms with Gasteiger partial charge < -0.3 is 40.6 Å². The van der Waals surface area contributed by atoms with Crippen molar-refractivity contribution < 1.29 is 24.5 Å². The molecule has 4 aromatic heterocycles.